The van der Waals surface area contributed by atoms with Gasteiger partial charge in [-0.25, -0.2) is 5.06 Å². The standard InChI is InChI=1S/C10H23N2O4P/c1-8(2)7-12(15)9(13)5-11-6-10(14)17(3,4)16/h8,10-11,14-15H,5-7H2,1-4H3. The Morgan fingerprint density at radius 3 is 2.35 bits per heavy atom. The molecule has 0 saturated heterocycles. The van der Waals surface area contributed by atoms with Gasteiger partial charge in [0.1, 0.15) is 13.0 Å². The van der Waals surface area contributed by atoms with Gasteiger partial charge in [-0.2, -0.15) is 0 Å². The molecule has 0 rings (SSSR count). The normalized spacial score (nSPS) is 13.8. The second kappa shape index (κ2) is 7.11. The molecule has 0 aliphatic heterocycles. The summed E-state index contributed by atoms with van der Waals surface area (Å²) in [6.07, 6.45) is 0. The van der Waals surface area contributed by atoms with Gasteiger partial charge in [0.2, 0.25) is 0 Å². The first-order valence-corrected chi connectivity index (χ1v) is 8.24. The lowest BCUT2D eigenvalue weighted by molar-refractivity contribution is -0.166. The summed E-state index contributed by atoms with van der Waals surface area (Å²) in [5.74, 6) is -1.25. The van der Waals surface area contributed by atoms with E-state index >= 15 is 0 Å². The highest BCUT2D eigenvalue weighted by molar-refractivity contribution is 7.62. The molecule has 0 aliphatic carbocycles. The number of nitrogens with zero attached hydrogens (tertiary/aromatic N) is 1. The third-order valence-electron chi connectivity index (χ3n) is 2.15. The van der Waals surface area contributed by atoms with Crippen LogP contribution < -0.4 is 5.32 Å². The fourth-order valence-corrected chi connectivity index (χ4v) is 1.64. The highest BCUT2D eigenvalue weighted by Crippen LogP contribution is 2.40. The van der Waals surface area contributed by atoms with Gasteiger partial charge < -0.3 is 15.0 Å². The lowest BCUT2D eigenvalue weighted by Crippen LogP contribution is -2.40. The molecule has 1 atom stereocenters. The second-order valence-corrected chi connectivity index (χ2v) is 8.38. The van der Waals surface area contributed by atoms with E-state index in [1.807, 2.05) is 13.8 Å². The van der Waals surface area contributed by atoms with Crippen LogP contribution in [-0.2, 0) is 9.36 Å². The molecule has 7 heteroatoms. The minimum Gasteiger partial charge on any atom is -0.384 e. The van der Waals surface area contributed by atoms with E-state index in [4.69, 9.17) is 0 Å². The van der Waals surface area contributed by atoms with E-state index < -0.39 is 18.9 Å². The topological polar surface area (TPSA) is 89.9 Å². The Bertz CT molecular complexity index is 290. The van der Waals surface area contributed by atoms with Gasteiger partial charge in [-0.3, -0.25) is 10.0 Å². The molecule has 6 nitrogen and oxygen atoms in total. The zero-order valence-electron chi connectivity index (χ0n) is 10.9. The second-order valence-electron chi connectivity index (χ2n) is 4.92. The van der Waals surface area contributed by atoms with Crippen molar-refractivity contribution in [3.05, 3.63) is 0 Å². The van der Waals surface area contributed by atoms with Crippen LogP contribution in [0.2, 0.25) is 0 Å². The first kappa shape index (κ1) is 16.6. The van der Waals surface area contributed by atoms with Crippen LogP contribution in [-0.4, -0.2) is 60.1 Å². The Hall–Kier alpha value is -0.420. The van der Waals surface area contributed by atoms with Crippen LogP contribution >= 0.6 is 7.14 Å². The highest BCUT2D eigenvalue weighted by Gasteiger charge is 2.20. The average molecular weight is 266 g/mol. The number of nitrogens with one attached hydrogen (secondary N) is 1. The van der Waals surface area contributed by atoms with Gasteiger partial charge in [-0.05, 0) is 19.2 Å². The van der Waals surface area contributed by atoms with Crippen LogP contribution in [0.3, 0.4) is 0 Å². The summed E-state index contributed by atoms with van der Waals surface area (Å²) in [4.78, 5) is 11.4. The summed E-state index contributed by atoms with van der Waals surface area (Å²) in [6.45, 7) is 7.00. The quantitative estimate of drug-likeness (QED) is 0.352. The van der Waals surface area contributed by atoms with Gasteiger partial charge in [0.25, 0.3) is 5.91 Å². The van der Waals surface area contributed by atoms with Gasteiger partial charge in [0, 0.05) is 6.54 Å². The third-order valence-corrected chi connectivity index (χ3v) is 3.76. The summed E-state index contributed by atoms with van der Waals surface area (Å²) in [5, 5.41) is 22.1. The smallest absolute Gasteiger partial charge is 0.259 e. The molecule has 1 amide bonds. The van der Waals surface area contributed by atoms with Crippen LogP contribution in [0, 0.1) is 5.92 Å². The molecular weight excluding hydrogens is 243 g/mol. The number of amides is 1. The van der Waals surface area contributed by atoms with Gasteiger partial charge in [-0.15, -0.1) is 0 Å². The van der Waals surface area contributed by atoms with E-state index in [0.717, 1.165) is 0 Å². The molecule has 1 unspecified atom stereocenters. The Morgan fingerprint density at radius 2 is 1.94 bits per heavy atom. The van der Waals surface area contributed by atoms with Crippen molar-refractivity contribution in [2.75, 3.05) is 33.0 Å². The van der Waals surface area contributed by atoms with E-state index in [9.17, 15) is 19.7 Å². The predicted octanol–water partition coefficient (Wildman–Crippen LogP) is 0.391. The molecule has 0 aromatic heterocycles. The SMILES string of the molecule is CC(C)CN(O)C(=O)CNCC(O)P(C)(C)=O. The molecule has 17 heavy (non-hydrogen) atoms. The molecule has 0 bridgehead atoms. The van der Waals surface area contributed by atoms with Crippen molar-refractivity contribution in [3.63, 3.8) is 0 Å². The van der Waals surface area contributed by atoms with Crippen molar-refractivity contribution >= 4 is 13.0 Å². The number of hydrogen-bond acceptors (Lipinski definition) is 5. The van der Waals surface area contributed by atoms with Crippen molar-refractivity contribution in [2.24, 2.45) is 5.92 Å². The number of hydroxylamine groups is 2. The van der Waals surface area contributed by atoms with Crippen LogP contribution in [0.15, 0.2) is 0 Å². The van der Waals surface area contributed by atoms with Crippen LogP contribution in [0.4, 0.5) is 0 Å². The lowest BCUT2D eigenvalue weighted by Gasteiger charge is -2.19. The van der Waals surface area contributed by atoms with Crippen molar-refractivity contribution in [1.82, 2.24) is 10.4 Å². The molecular formula is C10H23N2O4P. The molecule has 102 valence electrons. The average Bonchev–Trinajstić information content (AvgIpc) is 2.14. The lowest BCUT2D eigenvalue weighted by atomic mass is 10.2. The number of carbonyl (C=O) groups excluding carboxylic acids is 1. The van der Waals surface area contributed by atoms with E-state index in [1.165, 1.54) is 13.3 Å². The van der Waals surface area contributed by atoms with Crippen LogP contribution in [0.5, 0.6) is 0 Å². The molecule has 0 heterocycles. The van der Waals surface area contributed by atoms with Gasteiger partial charge in [-0.1, -0.05) is 13.8 Å². The molecule has 0 saturated carbocycles. The fourth-order valence-electron chi connectivity index (χ4n) is 1.07. The zero-order chi connectivity index (χ0) is 13.6. The summed E-state index contributed by atoms with van der Waals surface area (Å²) in [6, 6.07) is 0. The van der Waals surface area contributed by atoms with Gasteiger partial charge in [0.15, 0.2) is 0 Å². The zero-order valence-corrected chi connectivity index (χ0v) is 11.8. The maximum Gasteiger partial charge on any atom is 0.259 e. The fraction of sp³-hybridized carbons (Fsp3) is 0.900. The Morgan fingerprint density at radius 1 is 1.41 bits per heavy atom. The number of carbonyl (C=O) groups is 1. The maximum absolute atomic E-state index is 11.4. The molecule has 0 fully saturated rings. The Balaban J connectivity index is 3.90. The molecule has 0 radical (unpaired) electrons. The molecule has 3 N–H and O–H groups in total. The molecule has 0 aromatic rings. The van der Waals surface area contributed by atoms with E-state index in [-0.39, 0.29) is 25.6 Å². The summed E-state index contributed by atoms with van der Waals surface area (Å²) in [7, 11) is -2.56. The summed E-state index contributed by atoms with van der Waals surface area (Å²) >= 11 is 0. The number of hydrogen-bond donors (Lipinski definition) is 3. The van der Waals surface area contributed by atoms with Gasteiger partial charge >= 0.3 is 0 Å². The minimum atomic E-state index is -2.56. The number of aliphatic hydroxyl groups is 1. The van der Waals surface area contributed by atoms with E-state index in [2.05, 4.69) is 5.32 Å². The van der Waals surface area contributed by atoms with E-state index in [1.54, 1.807) is 0 Å². The van der Waals surface area contributed by atoms with Crippen LogP contribution in [0.25, 0.3) is 0 Å². The number of aliphatic hydroxyl groups excluding tert-OH is 1. The van der Waals surface area contributed by atoms with Crippen LogP contribution in [0.1, 0.15) is 13.8 Å². The largest absolute Gasteiger partial charge is 0.384 e. The Labute approximate surface area is 102 Å². The van der Waals surface area contributed by atoms with Crippen molar-refractivity contribution in [3.8, 4) is 0 Å². The monoisotopic (exact) mass is 266 g/mol. The summed E-state index contributed by atoms with van der Waals surface area (Å²) < 4.78 is 11.4. The van der Waals surface area contributed by atoms with Gasteiger partial charge in [0.05, 0.1) is 13.1 Å². The predicted molar refractivity (Wildman–Crippen MR) is 66.7 cm³/mol. The molecule has 0 aliphatic rings. The third kappa shape index (κ3) is 7.49. The Kier molecular flexibility index (Phi) is 6.94. The first-order valence-electron chi connectivity index (χ1n) is 5.57. The van der Waals surface area contributed by atoms with Crippen molar-refractivity contribution in [2.45, 2.75) is 19.7 Å². The van der Waals surface area contributed by atoms with E-state index in [0.29, 0.717) is 5.06 Å². The summed E-state index contributed by atoms with van der Waals surface area (Å²) in [5.41, 5.74) is 0. The highest BCUT2D eigenvalue weighted by atomic mass is 31.2. The first-order chi connectivity index (χ1) is 7.64. The maximum atomic E-state index is 11.4. The van der Waals surface area contributed by atoms with Crippen molar-refractivity contribution < 1.29 is 19.7 Å². The number of rotatable bonds is 7. The molecule has 0 spiro atoms. The van der Waals surface area contributed by atoms with Crippen molar-refractivity contribution in [1.29, 1.82) is 0 Å². The minimum absolute atomic E-state index is 0.0749. The molecule has 0 aromatic carbocycles.